The molecule has 35 heavy (non-hydrogen) atoms. The third-order valence-corrected chi connectivity index (χ3v) is 5.89. The Bertz CT molecular complexity index is 1320. The van der Waals surface area contributed by atoms with E-state index in [-0.39, 0.29) is 0 Å². The second-order valence-electron chi connectivity index (χ2n) is 7.42. The second-order valence-corrected chi connectivity index (χ2v) is 8.62. The number of aryl methyl sites for hydroxylation is 1. The number of nitrogens with one attached hydrogen (secondary N) is 1. The number of hydrogen-bond donors (Lipinski definition) is 1. The predicted octanol–water partition coefficient (Wildman–Crippen LogP) is 6.19. The van der Waals surface area contributed by atoms with E-state index < -0.39 is 5.97 Å². The number of benzene rings is 3. The zero-order chi connectivity index (χ0) is 24.6. The summed E-state index contributed by atoms with van der Waals surface area (Å²) in [6, 6.07) is 22.0. The van der Waals surface area contributed by atoms with Crippen molar-refractivity contribution in [1.29, 1.82) is 0 Å². The molecule has 0 saturated heterocycles. The van der Waals surface area contributed by atoms with Crippen LogP contribution in [0.1, 0.15) is 27.7 Å². The number of carbonyl (C=O) groups excluding carboxylic acids is 1. The average Bonchev–Trinajstić information content (AvgIpc) is 3.26. The Morgan fingerprint density at radius 2 is 1.83 bits per heavy atom. The van der Waals surface area contributed by atoms with Crippen LogP contribution in [0.2, 0.25) is 0 Å². The lowest BCUT2D eigenvalue weighted by atomic mass is 10.1. The minimum absolute atomic E-state index is 0.334. The zero-order valence-corrected chi connectivity index (χ0v) is 20.5. The summed E-state index contributed by atoms with van der Waals surface area (Å²) in [7, 11) is 1.57. The second kappa shape index (κ2) is 11.3. The van der Waals surface area contributed by atoms with Gasteiger partial charge >= 0.3 is 5.97 Å². The number of methoxy groups -OCH3 is 1. The van der Waals surface area contributed by atoms with Crippen LogP contribution in [0.25, 0.3) is 11.3 Å². The number of hydrogen-bond acceptors (Lipinski definition) is 8. The van der Waals surface area contributed by atoms with E-state index in [4.69, 9.17) is 14.2 Å². The number of aromatic nitrogens is 1. The first-order valence-electron chi connectivity index (χ1n) is 11.0. The molecule has 0 aliphatic carbocycles. The Hall–Kier alpha value is -4.17. The van der Waals surface area contributed by atoms with Crippen molar-refractivity contribution < 1.29 is 19.0 Å². The van der Waals surface area contributed by atoms with Crippen LogP contribution in [-0.2, 0) is 0 Å². The van der Waals surface area contributed by atoms with Gasteiger partial charge in [0.2, 0.25) is 5.13 Å². The van der Waals surface area contributed by atoms with Gasteiger partial charge in [0.05, 0.1) is 31.2 Å². The summed E-state index contributed by atoms with van der Waals surface area (Å²) in [5.74, 6) is 0.971. The van der Waals surface area contributed by atoms with Gasteiger partial charge in [0.25, 0.3) is 0 Å². The standard InChI is InChI=1S/C27H25N3O4S/c1-4-33-24-16-19(10-15-23(24)34-26(31)21-11-13-22(32-3)14-12-21)17-28-30-27-29-25(18(2)35-27)20-8-6-5-7-9-20/h5-17H,4H2,1-3H3,(H,29,30)/b28-17-. The number of rotatable bonds is 9. The number of ether oxygens (including phenoxy) is 3. The van der Waals surface area contributed by atoms with Crippen LogP contribution < -0.4 is 19.6 Å². The Morgan fingerprint density at radius 3 is 2.54 bits per heavy atom. The molecule has 0 saturated carbocycles. The van der Waals surface area contributed by atoms with E-state index in [0.29, 0.717) is 34.6 Å². The highest BCUT2D eigenvalue weighted by Crippen LogP contribution is 2.31. The van der Waals surface area contributed by atoms with Gasteiger partial charge in [-0.2, -0.15) is 5.10 Å². The molecule has 178 valence electrons. The highest BCUT2D eigenvalue weighted by Gasteiger charge is 2.14. The van der Waals surface area contributed by atoms with Crippen molar-refractivity contribution in [2.24, 2.45) is 5.10 Å². The van der Waals surface area contributed by atoms with Gasteiger partial charge in [-0.1, -0.05) is 30.3 Å². The van der Waals surface area contributed by atoms with Crippen LogP contribution in [0.4, 0.5) is 5.13 Å². The molecule has 0 fully saturated rings. The van der Waals surface area contributed by atoms with Gasteiger partial charge in [-0.25, -0.2) is 9.78 Å². The molecule has 0 aliphatic heterocycles. The van der Waals surface area contributed by atoms with E-state index in [1.807, 2.05) is 44.2 Å². The van der Waals surface area contributed by atoms with Gasteiger partial charge in [0, 0.05) is 10.4 Å². The molecule has 0 atom stereocenters. The smallest absolute Gasteiger partial charge is 0.343 e. The van der Waals surface area contributed by atoms with Crippen molar-refractivity contribution in [2.45, 2.75) is 13.8 Å². The average molecular weight is 488 g/mol. The number of anilines is 1. The summed E-state index contributed by atoms with van der Waals surface area (Å²) in [5.41, 5.74) is 6.20. The van der Waals surface area contributed by atoms with Crippen molar-refractivity contribution in [3.05, 3.63) is 88.8 Å². The molecular formula is C27H25N3O4S. The van der Waals surface area contributed by atoms with Crippen molar-refractivity contribution in [1.82, 2.24) is 4.98 Å². The summed E-state index contributed by atoms with van der Waals surface area (Å²) in [4.78, 5) is 18.3. The van der Waals surface area contributed by atoms with Crippen molar-refractivity contribution in [3.63, 3.8) is 0 Å². The molecule has 1 aromatic heterocycles. The van der Waals surface area contributed by atoms with Gasteiger partial charge in [0.15, 0.2) is 11.5 Å². The first kappa shape index (κ1) is 24.0. The van der Waals surface area contributed by atoms with Crippen LogP contribution in [0.3, 0.4) is 0 Å². The summed E-state index contributed by atoms with van der Waals surface area (Å²) >= 11 is 1.54. The quantitative estimate of drug-likeness (QED) is 0.131. The molecule has 3 aromatic carbocycles. The minimum atomic E-state index is -0.481. The molecule has 8 heteroatoms. The number of carbonyl (C=O) groups is 1. The molecule has 0 aliphatic rings. The minimum Gasteiger partial charge on any atom is -0.497 e. The van der Waals surface area contributed by atoms with Crippen molar-refractivity contribution >= 4 is 28.7 Å². The molecular weight excluding hydrogens is 462 g/mol. The molecule has 4 aromatic rings. The largest absolute Gasteiger partial charge is 0.497 e. The Labute approximate surface area is 208 Å². The van der Waals surface area contributed by atoms with Crippen LogP contribution in [0, 0.1) is 6.92 Å². The molecule has 4 rings (SSSR count). The first-order chi connectivity index (χ1) is 17.1. The van der Waals surface area contributed by atoms with Crippen molar-refractivity contribution in [2.75, 3.05) is 19.1 Å². The highest BCUT2D eigenvalue weighted by molar-refractivity contribution is 7.16. The lowest BCUT2D eigenvalue weighted by molar-refractivity contribution is 0.0728. The topological polar surface area (TPSA) is 82.0 Å². The van der Waals surface area contributed by atoms with Crippen LogP contribution in [-0.4, -0.2) is 30.9 Å². The lowest BCUT2D eigenvalue weighted by Gasteiger charge is -2.11. The maximum atomic E-state index is 12.6. The molecule has 0 unspecified atom stereocenters. The SMILES string of the molecule is CCOc1cc(/C=N\Nc2nc(-c3ccccc3)c(C)s2)ccc1OC(=O)c1ccc(OC)cc1. The molecule has 0 spiro atoms. The van der Waals surface area contributed by atoms with E-state index >= 15 is 0 Å². The summed E-state index contributed by atoms with van der Waals surface area (Å²) in [6.07, 6.45) is 1.66. The van der Waals surface area contributed by atoms with E-state index in [0.717, 1.165) is 21.7 Å². The first-order valence-corrected chi connectivity index (χ1v) is 11.8. The van der Waals surface area contributed by atoms with E-state index in [1.54, 1.807) is 55.8 Å². The predicted molar refractivity (Wildman–Crippen MR) is 139 cm³/mol. The van der Waals surface area contributed by atoms with Gasteiger partial charge < -0.3 is 14.2 Å². The fourth-order valence-electron chi connectivity index (χ4n) is 3.31. The maximum absolute atomic E-state index is 12.6. The normalized spacial score (nSPS) is 10.8. The Morgan fingerprint density at radius 1 is 1.06 bits per heavy atom. The fraction of sp³-hybridized carbons (Fsp3) is 0.148. The number of nitrogens with zero attached hydrogens (tertiary/aromatic N) is 2. The molecule has 0 bridgehead atoms. The number of hydrazone groups is 1. The number of thiazole rings is 1. The fourth-order valence-corrected chi connectivity index (χ4v) is 4.10. The molecule has 0 radical (unpaired) electrons. The zero-order valence-electron chi connectivity index (χ0n) is 19.6. The van der Waals surface area contributed by atoms with E-state index in [2.05, 4.69) is 15.5 Å². The van der Waals surface area contributed by atoms with Crippen LogP contribution in [0.15, 0.2) is 77.9 Å². The summed E-state index contributed by atoms with van der Waals surface area (Å²) < 4.78 is 16.4. The Kier molecular flexibility index (Phi) is 7.74. The third kappa shape index (κ3) is 6.04. The van der Waals surface area contributed by atoms with Gasteiger partial charge in [-0.3, -0.25) is 5.43 Å². The van der Waals surface area contributed by atoms with Crippen LogP contribution in [0.5, 0.6) is 17.2 Å². The monoisotopic (exact) mass is 487 g/mol. The van der Waals surface area contributed by atoms with Crippen molar-refractivity contribution in [3.8, 4) is 28.5 Å². The molecule has 1 N–H and O–H groups in total. The van der Waals surface area contributed by atoms with Crippen LogP contribution >= 0.6 is 11.3 Å². The summed E-state index contributed by atoms with van der Waals surface area (Å²) in [5, 5.41) is 5.02. The number of esters is 1. The third-order valence-electron chi connectivity index (χ3n) is 5.01. The van der Waals surface area contributed by atoms with Gasteiger partial charge in [0.1, 0.15) is 5.75 Å². The summed E-state index contributed by atoms with van der Waals surface area (Å²) in [6.45, 7) is 4.33. The van der Waals surface area contributed by atoms with E-state index in [9.17, 15) is 4.79 Å². The molecule has 7 nitrogen and oxygen atoms in total. The lowest BCUT2D eigenvalue weighted by Crippen LogP contribution is -2.09. The van der Waals surface area contributed by atoms with E-state index in [1.165, 1.54) is 11.3 Å². The van der Waals surface area contributed by atoms with Gasteiger partial charge in [-0.15, -0.1) is 11.3 Å². The maximum Gasteiger partial charge on any atom is 0.343 e. The Balaban J connectivity index is 1.45. The molecule has 1 heterocycles. The van der Waals surface area contributed by atoms with Gasteiger partial charge in [-0.05, 0) is 61.9 Å². The molecule has 0 amide bonds. The highest BCUT2D eigenvalue weighted by atomic mass is 32.1.